The molecule has 2 aromatic heterocycles. The maximum absolute atomic E-state index is 12.6. The second kappa shape index (κ2) is 7.27. The summed E-state index contributed by atoms with van der Waals surface area (Å²) < 4.78 is 4.75. The molecule has 2 aromatic rings. The third-order valence-corrected chi connectivity index (χ3v) is 6.23. The van der Waals surface area contributed by atoms with Gasteiger partial charge in [-0.15, -0.1) is 22.7 Å². The molecule has 0 aromatic carbocycles. The van der Waals surface area contributed by atoms with Gasteiger partial charge in [0.15, 0.2) is 0 Å². The zero-order chi connectivity index (χ0) is 16.2. The van der Waals surface area contributed by atoms with Gasteiger partial charge in [0.25, 0.3) is 5.91 Å². The van der Waals surface area contributed by atoms with Crippen LogP contribution in [-0.2, 0) is 22.4 Å². The molecule has 6 heteroatoms. The lowest BCUT2D eigenvalue weighted by atomic mass is 9.99. The van der Waals surface area contributed by atoms with Crippen LogP contribution in [0.25, 0.3) is 0 Å². The van der Waals surface area contributed by atoms with Crippen LogP contribution in [0, 0.1) is 0 Å². The molecule has 0 saturated heterocycles. The number of carbonyl (C=O) groups is 2. The van der Waals surface area contributed by atoms with Gasteiger partial charge in [-0.25, -0.2) is 0 Å². The third-order valence-electron chi connectivity index (χ3n) is 4.01. The van der Waals surface area contributed by atoms with Crippen LogP contribution in [0.4, 0.5) is 0 Å². The highest BCUT2D eigenvalue weighted by atomic mass is 32.1. The number of rotatable bonds is 5. The summed E-state index contributed by atoms with van der Waals surface area (Å²) in [6.07, 6.45) is 4.69. The molecule has 1 aliphatic carbocycles. The molecule has 0 bridgehead atoms. The number of ether oxygens (including phenoxy) is 1. The molecule has 0 saturated carbocycles. The van der Waals surface area contributed by atoms with E-state index in [0.717, 1.165) is 22.6 Å². The Labute approximate surface area is 143 Å². The van der Waals surface area contributed by atoms with Crippen molar-refractivity contribution in [1.82, 2.24) is 5.32 Å². The topological polar surface area (TPSA) is 55.4 Å². The molecule has 0 spiro atoms. The average molecular weight is 349 g/mol. The summed E-state index contributed by atoms with van der Waals surface area (Å²) in [6, 6.07) is 5.52. The minimum Gasteiger partial charge on any atom is -0.469 e. The van der Waals surface area contributed by atoms with Crippen molar-refractivity contribution in [2.75, 3.05) is 7.11 Å². The molecule has 1 atom stereocenters. The van der Waals surface area contributed by atoms with E-state index in [1.165, 1.54) is 41.7 Å². The molecular weight excluding hydrogens is 330 g/mol. The lowest BCUT2D eigenvalue weighted by molar-refractivity contribution is -0.141. The average Bonchev–Trinajstić information content (AvgIpc) is 3.23. The van der Waals surface area contributed by atoms with Crippen LogP contribution >= 0.6 is 22.7 Å². The minimum atomic E-state index is -0.339. The maximum Gasteiger partial charge on any atom is 0.307 e. The summed E-state index contributed by atoms with van der Waals surface area (Å²) in [6.45, 7) is 0. The first-order valence-electron chi connectivity index (χ1n) is 7.70. The van der Waals surface area contributed by atoms with Gasteiger partial charge in [0, 0.05) is 9.75 Å². The summed E-state index contributed by atoms with van der Waals surface area (Å²) in [5.74, 6) is -0.430. The lowest BCUT2D eigenvalue weighted by Crippen LogP contribution is -2.29. The van der Waals surface area contributed by atoms with Gasteiger partial charge in [-0.3, -0.25) is 9.59 Å². The zero-order valence-electron chi connectivity index (χ0n) is 13.0. The Morgan fingerprint density at radius 3 is 2.87 bits per heavy atom. The molecule has 23 heavy (non-hydrogen) atoms. The van der Waals surface area contributed by atoms with Gasteiger partial charge < -0.3 is 10.1 Å². The number of esters is 1. The predicted molar refractivity (Wildman–Crippen MR) is 92.1 cm³/mol. The Morgan fingerprint density at radius 1 is 1.35 bits per heavy atom. The first kappa shape index (κ1) is 16.2. The number of hydrogen-bond acceptors (Lipinski definition) is 5. The van der Waals surface area contributed by atoms with Crippen LogP contribution in [-0.4, -0.2) is 19.0 Å². The van der Waals surface area contributed by atoms with E-state index in [-0.39, 0.29) is 24.3 Å². The predicted octanol–water partition coefficient (Wildman–Crippen LogP) is 3.72. The molecule has 1 amide bonds. The smallest absolute Gasteiger partial charge is 0.307 e. The van der Waals surface area contributed by atoms with E-state index in [9.17, 15) is 9.59 Å². The molecule has 4 nitrogen and oxygen atoms in total. The third kappa shape index (κ3) is 3.82. The molecule has 0 fully saturated rings. The number of fused-ring (bicyclic) bond motifs is 1. The maximum atomic E-state index is 12.6. The van der Waals surface area contributed by atoms with Crippen molar-refractivity contribution in [2.24, 2.45) is 0 Å². The van der Waals surface area contributed by atoms with Crippen molar-refractivity contribution in [3.05, 3.63) is 43.8 Å². The molecule has 2 heterocycles. The lowest BCUT2D eigenvalue weighted by Gasteiger charge is -2.15. The van der Waals surface area contributed by atoms with Gasteiger partial charge in [0.2, 0.25) is 0 Å². The molecule has 0 aliphatic heterocycles. The number of hydrogen-bond donors (Lipinski definition) is 1. The second-order valence-electron chi connectivity index (χ2n) is 5.59. The highest BCUT2D eigenvalue weighted by Crippen LogP contribution is 2.30. The standard InChI is InChI=1S/C17H19NO3S2/c1-21-16(19)10-12(14-7-4-8-22-14)18-17(20)15-9-11-5-2-3-6-13(11)23-15/h4,7-9,12H,2-3,5-6,10H2,1H3,(H,18,20). The van der Waals surface area contributed by atoms with E-state index in [1.54, 1.807) is 11.3 Å². The molecule has 122 valence electrons. The number of aryl methyl sites for hydroxylation is 2. The highest BCUT2D eigenvalue weighted by Gasteiger charge is 2.23. The number of amides is 1. The molecule has 1 aliphatic rings. The van der Waals surface area contributed by atoms with Gasteiger partial charge in [-0.05, 0) is 48.8 Å². The molecule has 0 radical (unpaired) electrons. The molecule has 1 N–H and O–H groups in total. The van der Waals surface area contributed by atoms with Crippen LogP contribution in [0.3, 0.4) is 0 Å². The van der Waals surface area contributed by atoms with Gasteiger partial charge in [-0.1, -0.05) is 6.07 Å². The number of nitrogens with one attached hydrogen (secondary N) is 1. The minimum absolute atomic E-state index is 0.105. The summed E-state index contributed by atoms with van der Waals surface area (Å²) in [4.78, 5) is 27.3. The summed E-state index contributed by atoms with van der Waals surface area (Å²) >= 11 is 3.11. The van der Waals surface area contributed by atoms with Crippen molar-refractivity contribution in [3.63, 3.8) is 0 Å². The summed E-state index contributed by atoms with van der Waals surface area (Å²) in [5, 5.41) is 4.93. The monoisotopic (exact) mass is 349 g/mol. The highest BCUT2D eigenvalue weighted by molar-refractivity contribution is 7.14. The fourth-order valence-corrected chi connectivity index (χ4v) is 4.73. The normalized spacial score (nSPS) is 14.8. The quantitative estimate of drug-likeness (QED) is 0.837. The van der Waals surface area contributed by atoms with E-state index < -0.39 is 0 Å². The first-order valence-corrected chi connectivity index (χ1v) is 9.39. The largest absolute Gasteiger partial charge is 0.469 e. The Hall–Kier alpha value is -1.66. The van der Waals surface area contributed by atoms with Crippen molar-refractivity contribution >= 4 is 34.6 Å². The van der Waals surface area contributed by atoms with E-state index >= 15 is 0 Å². The Kier molecular flexibility index (Phi) is 5.13. The van der Waals surface area contributed by atoms with Gasteiger partial charge in [-0.2, -0.15) is 0 Å². The second-order valence-corrected chi connectivity index (χ2v) is 7.70. The SMILES string of the molecule is COC(=O)CC(NC(=O)c1cc2c(s1)CCCC2)c1cccs1. The van der Waals surface area contributed by atoms with Gasteiger partial charge >= 0.3 is 5.97 Å². The van der Waals surface area contributed by atoms with Crippen LogP contribution in [0.2, 0.25) is 0 Å². The molecule has 3 rings (SSSR count). The van der Waals surface area contributed by atoms with E-state index in [0.29, 0.717) is 0 Å². The van der Waals surface area contributed by atoms with Crippen LogP contribution in [0.15, 0.2) is 23.6 Å². The Bertz CT molecular complexity index is 667. The summed E-state index contributed by atoms with van der Waals surface area (Å²) in [5.41, 5.74) is 1.31. The van der Waals surface area contributed by atoms with Crippen LogP contribution < -0.4 is 5.32 Å². The molecular formula is C17H19NO3S2. The van der Waals surface area contributed by atoms with E-state index in [4.69, 9.17) is 4.74 Å². The number of methoxy groups -OCH3 is 1. The van der Waals surface area contributed by atoms with Crippen molar-refractivity contribution in [1.29, 1.82) is 0 Å². The van der Waals surface area contributed by atoms with Crippen molar-refractivity contribution in [3.8, 4) is 0 Å². The Balaban J connectivity index is 1.75. The van der Waals surface area contributed by atoms with Gasteiger partial charge in [0.1, 0.15) is 0 Å². The van der Waals surface area contributed by atoms with Gasteiger partial charge in [0.05, 0.1) is 24.4 Å². The van der Waals surface area contributed by atoms with Crippen LogP contribution in [0.1, 0.15) is 50.3 Å². The Morgan fingerprint density at radius 2 is 2.17 bits per heavy atom. The van der Waals surface area contributed by atoms with E-state index in [1.807, 2.05) is 23.6 Å². The van der Waals surface area contributed by atoms with Crippen molar-refractivity contribution in [2.45, 2.75) is 38.1 Å². The van der Waals surface area contributed by atoms with Crippen molar-refractivity contribution < 1.29 is 14.3 Å². The fourth-order valence-electron chi connectivity index (χ4n) is 2.79. The first-order chi connectivity index (χ1) is 11.2. The number of carbonyl (C=O) groups excluding carboxylic acids is 2. The van der Waals surface area contributed by atoms with E-state index in [2.05, 4.69) is 5.32 Å². The fraction of sp³-hybridized carbons (Fsp3) is 0.412. The summed E-state index contributed by atoms with van der Waals surface area (Å²) in [7, 11) is 1.36. The van der Waals surface area contributed by atoms with Crippen LogP contribution in [0.5, 0.6) is 0 Å². The number of thiophene rings is 2. The molecule has 1 unspecified atom stereocenters. The zero-order valence-corrected chi connectivity index (χ0v) is 14.6.